The summed E-state index contributed by atoms with van der Waals surface area (Å²) in [5, 5.41) is 10.2. The molecule has 2 N–H and O–H groups in total. The minimum Gasteiger partial charge on any atom is -0.337 e. The summed E-state index contributed by atoms with van der Waals surface area (Å²) in [5.41, 5.74) is 2.27. The van der Waals surface area contributed by atoms with Crippen molar-refractivity contribution in [3.05, 3.63) is 53.9 Å². The van der Waals surface area contributed by atoms with E-state index in [0.29, 0.717) is 31.7 Å². The van der Waals surface area contributed by atoms with E-state index in [1.54, 1.807) is 6.20 Å². The van der Waals surface area contributed by atoms with Gasteiger partial charge in [-0.05, 0) is 44.0 Å². The highest BCUT2D eigenvalue weighted by molar-refractivity contribution is 5.73. The molecule has 0 radical (unpaired) electrons. The Balaban J connectivity index is 1.47. The van der Waals surface area contributed by atoms with E-state index in [2.05, 4.69) is 40.7 Å². The van der Waals surface area contributed by atoms with E-state index in [4.69, 9.17) is 0 Å². The van der Waals surface area contributed by atoms with Crippen LogP contribution in [0.15, 0.2) is 42.7 Å². The average molecular weight is 341 g/mol. The van der Waals surface area contributed by atoms with Crippen molar-refractivity contribution < 1.29 is 4.79 Å². The van der Waals surface area contributed by atoms with Crippen molar-refractivity contribution in [3.63, 3.8) is 0 Å². The predicted octanol–water partition coefficient (Wildman–Crippen LogP) is 2.21. The highest BCUT2D eigenvalue weighted by atomic mass is 16.2. The fourth-order valence-electron chi connectivity index (χ4n) is 2.92. The van der Waals surface area contributed by atoms with E-state index >= 15 is 0 Å². The molecule has 1 aliphatic rings. The summed E-state index contributed by atoms with van der Waals surface area (Å²) < 4.78 is 1.88. The molecule has 6 heteroatoms. The van der Waals surface area contributed by atoms with Gasteiger partial charge >= 0.3 is 6.03 Å². The molecule has 6 nitrogen and oxygen atoms in total. The molecule has 1 saturated carbocycles. The van der Waals surface area contributed by atoms with Crippen LogP contribution in [0.3, 0.4) is 0 Å². The van der Waals surface area contributed by atoms with Crippen molar-refractivity contribution in [2.24, 2.45) is 0 Å². The third kappa shape index (κ3) is 5.06. The molecule has 1 fully saturated rings. The molecule has 1 aromatic heterocycles. The molecule has 1 aromatic carbocycles. The maximum atomic E-state index is 12.1. The Bertz CT molecular complexity index is 681. The molecule has 0 saturated heterocycles. The van der Waals surface area contributed by atoms with Gasteiger partial charge in [-0.15, -0.1) is 0 Å². The smallest absolute Gasteiger partial charge is 0.315 e. The summed E-state index contributed by atoms with van der Waals surface area (Å²) in [6.45, 7) is 4.03. The first-order valence-corrected chi connectivity index (χ1v) is 8.91. The normalized spacial score (nSPS) is 15.2. The van der Waals surface area contributed by atoms with Crippen LogP contribution in [-0.4, -0.2) is 46.4 Å². The standard InChI is InChI=1S/C19H27N5O/c1-15(23(2)18-8-9-18)12-20-19(25)21-13-16-6-3-4-7-17(16)14-24-11-5-10-22-24/h3-7,10-11,15,18H,8-9,12-14H2,1-2H3,(H2,20,21,25)/t15-/m0/s1. The van der Waals surface area contributed by atoms with Crippen LogP contribution < -0.4 is 10.6 Å². The third-order valence-corrected chi connectivity index (χ3v) is 4.83. The fraction of sp³-hybridized carbons (Fsp3) is 0.474. The van der Waals surface area contributed by atoms with E-state index in [1.165, 1.54) is 12.8 Å². The molecule has 1 aliphatic carbocycles. The highest BCUT2D eigenvalue weighted by Gasteiger charge is 2.29. The molecular formula is C19H27N5O. The lowest BCUT2D eigenvalue weighted by Gasteiger charge is -2.24. The molecule has 1 atom stereocenters. The van der Waals surface area contributed by atoms with Crippen molar-refractivity contribution in [1.82, 2.24) is 25.3 Å². The van der Waals surface area contributed by atoms with Gasteiger partial charge < -0.3 is 10.6 Å². The molecule has 2 amide bonds. The Kier molecular flexibility index (Phi) is 5.71. The molecule has 0 unspecified atom stereocenters. The maximum absolute atomic E-state index is 12.1. The summed E-state index contributed by atoms with van der Waals surface area (Å²) in [6, 6.07) is 11.0. The molecule has 0 bridgehead atoms. The van der Waals surface area contributed by atoms with Crippen LogP contribution >= 0.6 is 0 Å². The number of benzene rings is 1. The van der Waals surface area contributed by atoms with E-state index in [-0.39, 0.29) is 6.03 Å². The molecule has 134 valence electrons. The molecular weight excluding hydrogens is 314 g/mol. The second kappa shape index (κ2) is 8.16. The van der Waals surface area contributed by atoms with Gasteiger partial charge in [0.1, 0.15) is 0 Å². The minimum absolute atomic E-state index is 0.120. The zero-order valence-corrected chi connectivity index (χ0v) is 15.0. The van der Waals surface area contributed by atoms with Crippen LogP contribution in [0.1, 0.15) is 30.9 Å². The van der Waals surface area contributed by atoms with E-state index in [1.807, 2.05) is 35.1 Å². The number of urea groups is 1. The number of nitrogens with one attached hydrogen (secondary N) is 2. The van der Waals surface area contributed by atoms with Crippen LogP contribution in [0.25, 0.3) is 0 Å². The van der Waals surface area contributed by atoms with Gasteiger partial charge in [0.15, 0.2) is 0 Å². The van der Waals surface area contributed by atoms with Crippen LogP contribution in [0.2, 0.25) is 0 Å². The molecule has 1 heterocycles. The van der Waals surface area contributed by atoms with Gasteiger partial charge in [0, 0.05) is 37.6 Å². The topological polar surface area (TPSA) is 62.2 Å². The van der Waals surface area contributed by atoms with Gasteiger partial charge in [-0.3, -0.25) is 9.58 Å². The number of hydrogen-bond acceptors (Lipinski definition) is 3. The van der Waals surface area contributed by atoms with Crippen LogP contribution in [0.4, 0.5) is 4.79 Å². The van der Waals surface area contributed by atoms with Crippen molar-refractivity contribution >= 4 is 6.03 Å². The van der Waals surface area contributed by atoms with Crippen molar-refractivity contribution in [2.45, 2.75) is 44.9 Å². The molecule has 25 heavy (non-hydrogen) atoms. The predicted molar refractivity (Wildman–Crippen MR) is 98.3 cm³/mol. The second-order valence-corrected chi connectivity index (χ2v) is 6.78. The highest BCUT2D eigenvalue weighted by Crippen LogP contribution is 2.26. The van der Waals surface area contributed by atoms with Crippen LogP contribution in [0.5, 0.6) is 0 Å². The van der Waals surface area contributed by atoms with Gasteiger partial charge in [0.2, 0.25) is 0 Å². The number of hydrogen-bond donors (Lipinski definition) is 2. The van der Waals surface area contributed by atoms with Crippen LogP contribution in [0, 0.1) is 0 Å². The molecule has 0 aliphatic heterocycles. The summed E-state index contributed by atoms with van der Waals surface area (Å²) in [4.78, 5) is 14.4. The van der Waals surface area contributed by atoms with Crippen molar-refractivity contribution in [3.8, 4) is 0 Å². The fourth-order valence-corrected chi connectivity index (χ4v) is 2.92. The van der Waals surface area contributed by atoms with Crippen molar-refractivity contribution in [2.75, 3.05) is 13.6 Å². The number of rotatable bonds is 8. The zero-order valence-electron chi connectivity index (χ0n) is 15.0. The van der Waals surface area contributed by atoms with Gasteiger partial charge in [0.25, 0.3) is 0 Å². The van der Waals surface area contributed by atoms with Crippen molar-refractivity contribution in [1.29, 1.82) is 0 Å². The minimum atomic E-state index is -0.120. The number of likely N-dealkylation sites (N-methyl/N-ethyl adjacent to an activating group) is 1. The monoisotopic (exact) mass is 341 g/mol. The summed E-state index contributed by atoms with van der Waals surface area (Å²) in [5.74, 6) is 0. The number of aromatic nitrogens is 2. The summed E-state index contributed by atoms with van der Waals surface area (Å²) in [6.07, 6.45) is 6.27. The Hall–Kier alpha value is -2.34. The lowest BCUT2D eigenvalue weighted by molar-refractivity contribution is 0.222. The van der Waals surface area contributed by atoms with Crippen LogP contribution in [-0.2, 0) is 13.1 Å². The Labute approximate surface area is 149 Å². The SMILES string of the molecule is C[C@@H](CNC(=O)NCc1ccccc1Cn1cccn1)N(C)C1CC1. The number of amides is 2. The Morgan fingerprint density at radius 1 is 1.28 bits per heavy atom. The summed E-state index contributed by atoms with van der Waals surface area (Å²) in [7, 11) is 2.13. The van der Waals surface area contributed by atoms with Gasteiger partial charge in [-0.1, -0.05) is 24.3 Å². The molecule has 3 rings (SSSR count). The number of nitrogens with zero attached hydrogens (tertiary/aromatic N) is 3. The maximum Gasteiger partial charge on any atom is 0.315 e. The quantitative estimate of drug-likeness (QED) is 0.774. The van der Waals surface area contributed by atoms with Gasteiger partial charge in [0.05, 0.1) is 6.54 Å². The first-order chi connectivity index (χ1) is 12.1. The zero-order chi connectivity index (χ0) is 17.6. The molecule has 2 aromatic rings. The lowest BCUT2D eigenvalue weighted by Crippen LogP contribution is -2.44. The number of carbonyl (C=O) groups is 1. The van der Waals surface area contributed by atoms with Gasteiger partial charge in [-0.25, -0.2) is 4.79 Å². The first kappa shape index (κ1) is 17.5. The Morgan fingerprint density at radius 3 is 2.72 bits per heavy atom. The largest absolute Gasteiger partial charge is 0.337 e. The van der Waals surface area contributed by atoms with E-state index < -0.39 is 0 Å². The van der Waals surface area contributed by atoms with E-state index in [0.717, 1.165) is 11.1 Å². The Morgan fingerprint density at radius 2 is 2.04 bits per heavy atom. The van der Waals surface area contributed by atoms with Gasteiger partial charge in [-0.2, -0.15) is 5.10 Å². The number of carbonyl (C=O) groups excluding carboxylic acids is 1. The second-order valence-electron chi connectivity index (χ2n) is 6.78. The summed E-state index contributed by atoms with van der Waals surface area (Å²) >= 11 is 0. The third-order valence-electron chi connectivity index (χ3n) is 4.83. The van der Waals surface area contributed by atoms with E-state index in [9.17, 15) is 4.79 Å². The lowest BCUT2D eigenvalue weighted by atomic mass is 10.1. The molecule has 0 spiro atoms. The first-order valence-electron chi connectivity index (χ1n) is 8.91. The average Bonchev–Trinajstić information content (AvgIpc) is 3.35.